The van der Waals surface area contributed by atoms with Crippen LogP contribution in [0.25, 0.3) is 0 Å². The van der Waals surface area contributed by atoms with Crippen LogP contribution in [0.2, 0.25) is 0 Å². The van der Waals surface area contributed by atoms with Crippen molar-refractivity contribution in [1.82, 2.24) is 24.9 Å². The number of aromatic nitrogens is 4. The molecule has 0 spiro atoms. The molecule has 6 nitrogen and oxygen atoms in total. The number of aryl methyl sites for hydroxylation is 1. The lowest BCUT2D eigenvalue weighted by molar-refractivity contribution is 0.0939. The van der Waals surface area contributed by atoms with E-state index >= 15 is 0 Å². The standard InChI is InChI=1S/C18H20BrN5O/c1-3-23-8-7-17(22-23)13(2)21-18(25)15-6-4-5-14(9-15)11-24-12-16(19)10-20-24/h4-10,12-13H,3,11H2,1-2H3,(H,21,25). The number of hydrogen-bond donors (Lipinski definition) is 1. The monoisotopic (exact) mass is 401 g/mol. The Hall–Kier alpha value is -2.41. The van der Waals surface area contributed by atoms with Crippen molar-refractivity contribution in [3.8, 4) is 0 Å². The summed E-state index contributed by atoms with van der Waals surface area (Å²) in [5, 5.41) is 11.7. The molecular formula is C18H20BrN5O. The lowest BCUT2D eigenvalue weighted by atomic mass is 10.1. The van der Waals surface area contributed by atoms with Gasteiger partial charge in [-0.05, 0) is 53.5 Å². The summed E-state index contributed by atoms with van der Waals surface area (Å²) in [5.74, 6) is -0.109. The van der Waals surface area contributed by atoms with Gasteiger partial charge < -0.3 is 5.32 Å². The second-order valence-electron chi connectivity index (χ2n) is 5.85. The third-order valence-corrected chi connectivity index (χ3v) is 4.32. The first kappa shape index (κ1) is 17.4. The second-order valence-corrected chi connectivity index (χ2v) is 6.76. The van der Waals surface area contributed by atoms with E-state index in [4.69, 9.17) is 0 Å². The van der Waals surface area contributed by atoms with Gasteiger partial charge in [0.15, 0.2) is 0 Å². The molecule has 130 valence electrons. The fourth-order valence-corrected chi connectivity index (χ4v) is 2.89. The minimum absolute atomic E-state index is 0.109. The van der Waals surface area contributed by atoms with Crippen LogP contribution in [0.5, 0.6) is 0 Å². The summed E-state index contributed by atoms with van der Waals surface area (Å²) in [6, 6.07) is 9.36. The maximum Gasteiger partial charge on any atom is 0.251 e. The minimum atomic E-state index is -0.147. The van der Waals surface area contributed by atoms with E-state index in [2.05, 4.69) is 31.4 Å². The van der Waals surface area contributed by atoms with Crippen LogP contribution in [0.1, 0.15) is 41.5 Å². The van der Waals surface area contributed by atoms with Crippen molar-refractivity contribution in [1.29, 1.82) is 0 Å². The van der Waals surface area contributed by atoms with Crippen molar-refractivity contribution >= 4 is 21.8 Å². The molecule has 0 radical (unpaired) electrons. The molecule has 0 aliphatic carbocycles. The highest BCUT2D eigenvalue weighted by atomic mass is 79.9. The maximum absolute atomic E-state index is 12.5. The Bertz CT molecular complexity index is 870. The molecule has 2 heterocycles. The first-order chi connectivity index (χ1) is 12.0. The van der Waals surface area contributed by atoms with Crippen LogP contribution >= 0.6 is 15.9 Å². The van der Waals surface area contributed by atoms with Crippen molar-refractivity contribution in [3.05, 3.63) is 70.2 Å². The number of carbonyl (C=O) groups excluding carboxylic acids is 1. The van der Waals surface area contributed by atoms with Crippen molar-refractivity contribution in [3.63, 3.8) is 0 Å². The zero-order valence-corrected chi connectivity index (χ0v) is 15.8. The van der Waals surface area contributed by atoms with Crippen molar-refractivity contribution in [2.75, 3.05) is 0 Å². The Morgan fingerprint density at radius 2 is 2.16 bits per heavy atom. The number of amides is 1. The normalized spacial score (nSPS) is 12.1. The Morgan fingerprint density at radius 3 is 2.84 bits per heavy atom. The van der Waals surface area contributed by atoms with E-state index in [1.165, 1.54) is 0 Å². The van der Waals surface area contributed by atoms with Crippen molar-refractivity contribution in [2.45, 2.75) is 33.0 Å². The highest BCUT2D eigenvalue weighted by molar-refractivity contribution is 9.10. The molecule has 3 rings (SSSR count). The molecule has 1 unspecified atom stereocenters. The summed E-state index contributed by atoms with van der Waals surface area (Å²) >= 11 is 3.38. The van der Waals surface area contributed by atoms with Gasteiger partial charge >= 0.3 is 0 Å². The summed E-state index contributed by atoms with van der Waals surface area (Å²) < 4.78 is 4.60. The van der Waals surface area contributed by atoms with Gasteiger partial charge in [0.25, 0.3) is 5.91 Å². The van der Waals surface area contributed by atoms with Gasteiger partial charge in [-0.2, -0.15) is 10.2 Å². The van der Waals surface area contributed by atoms with Gasteiger partial charge in [0, 0.05) is 24.5 Å². The van der Waals surface area contributed by atoms with E-state index in [1.54, 1.807) is 6.20 Å². The van der Waals surface area contributed by atoms with Gasteiger partial charge in [-0.3, -0.25) is 14.2 Å². The zero-order chi connectivity index (χ0) is 17.8. The van der Waals surface area contributed by atoms with E-state index in [0.717, 1.165) is 22.3 Å². The number of halogens is 1. The fourth-order valence-electron chi connectivity index (χ4n) is 2.56. The number of rotatable bonds is 6. The molecule has 0 aliphatic heterocycles. The molecule has 1 amide bonds. The predicted octanol–water partition coefficient (Wildman–Crippen LogP) is 3.40. The Kier molecular flexibility index (Phi) is 5.33. The molecule has 7 heteroatoms. The molecule has 0 bridgehead atoms. The molecule has 0 fully saturated rings. The zero-order valence-electron chi connectivity index (χ0n) is 14.2. The van der Waals surface area contributed by atoms with Crippen LogP contribution in [0.3, 0.4) is 0 Å². The van der Waals surface area contributed by atoms with E-state index in [0.29, 0.717) is 12.1 Å². The third kappa shape index (κ3) is 4.36. The number of nitrogens with one attached hydrogen (secondary N) is 1. The lowest BCUT2D eigenvalue weighted by Gasteiger charge is -2.12. The summed E-state index contributed by atoms with van der Waals surface area (Å²) in [6.07, 6.45) is 5.56. The molecule has 2 aromatic heterocycles. The molecule has 3 aromatic rings. The van der Waals surface area contributed by atoms with Crippen LogP contribution in [0, 0.1) is 0 Å². The molecular weight excluding hydrogens is 382 g/mol. The van der Waals surface area contributed by atoms with Gasteiger partial charge in [-0.25, -0.2) is 0 Å². The van der Waals surface area contributed by atoms with Crippen LogP contribution in [0.15, 0.2) is 53.4 Å². The van der Waals surface area contributed by atoms with Gasteiger partial charge in [0.1, 0.15) is 0 Å². The largest absolute Gasteiger partial charge is 0.344 e. The fraction of sp³-hybridized carbons (Fsp3) is 0.278. The molecule has 25 heavy (non-hydrogen) atoms. The first-order valence-electron chi connectivity index (χ1n) is 8.16. The van der Waals surface area contributed by atoms with E-state index in [1.807, 2.05) is 65.9 Å². The van der Waals surface area contributed by atoms with Crippen LogP contribution in [-0.2, 0) is 13.1 Å². The molecule has 1 aromatic carbocycles. The molecule has 1 atom stereocenters. The van der Waals surface area contributed by atoms with Crippen molar-refractivity contribution < 1.29 is 4.79 Å². The summed E-state index contributed by atoms with van der Waals surface area (Å²) in [7, 11) is 0. The second kappa shape index (κ2) is 7.65. The van der Waals surface area contributed by atoms with E-state index < -0.39 is 0 Å². The molecule has 0 saturated carbocycles. The topological polar surface area (TPSA) is 64.7 Å². The number of benzene rings is 1. The van der Waals surface area contributed by atoms with Crippen LogP contribution in [0.4, 0.5) is 0 Å². The van der Waals surface area contributed by atoms with E-state index in [9.17, 15) is 4.79 Å². The number of carbonyl (C=O) groups is 1. The average Bonchev–Trinajstić information content (AvgIpc) is 3.24. The number of hydrogen-bond acceptors (Lipinski definition) is 3. The van der Waals surface area contributed by atoms with Gasteiger partial charge in [0.05, 0.1) is 29.0 Å². The SMILES string of the molecule is CCn1ccc(C(C)NC(=O)c2cccc(Cn3cc(Br)cn3)c2)n1. The smallest absolute Gasteiger partial charge is 0.251 e. The van der Waals surface area contributed by atoms with E-state index in [-0.39, 0.29) is 11.9 Å². The quantitative estimate of drug-likeness (QED) is 0.688. The average molecular weight is 402 g/mol. The van der Waals surface area contributed by atoms with Crippen LogP contribution < -0.4 is 5.32 Å². The Morgan fingerprint density at radius 1 is 1.32 bits per heavy atom. The summed E-state index contributed by atoms with van der Waals surface area (Å²) in [4.78, 5) is 12.5. The number of nitrogens with zero attached hydrogens (tertiary/aromatic N) is 4. The van der Waals surface area contributed by atoms with Gasteiger partial charge in [-0.15, -0.1) is 0 Å². The lowest BCUT2D eigenvalue weighted by Crippen LogP contribution is -2.27. The van der Waals surface area contributed by atoms with Crippen LogP contribution in [-0.4, -0.2) is 25.5 Å². The molecule has 0 aliphatic rings. The maximum atomic E-state index is 12.5. The highest BCUT2D eigenvalue weighted by Gasteiger charge is 2.14. The predicted molar refractivity (Wildman–Crippen MR) is 99.3 cm³/mol. The molecule has 0 saturated heterocycles. The summed E-state index contributed by atoms with van der Waals surface area (Å²) in [6.45, 7) is 5.39. The Balaban J connectivity index is 1.68. The van der Waals surface area contributed by atoms with Crippen molar-refractivity contribution in [2.24, 2.45) is 0 Å². The highest BCUT2D eigenvalue weighted by Crippen LogP contribution is 2.13. The Labute approximate surface area is 155 Å². The summed E-state index contributed by atoms with van der Waals surface area (Å²) in [5.41, 5.74) is 2.50. The van der Waals surface area contributed by atoms with Gasteiger partial charge in [0.2, 0.25) is 0 Å². The first-order valence-corrected chi connectivity index (χ1v) is 8.95. The van der Waals surface area contributed by atoms with Gasteiger partial charge in [-0.1, -0.05) is 12.1 Å². The molecule has 1 N–H and O–H groups in total. The third-order valence-electron chi connectivity index (χ3n) is 3.91. The minimum Gasteiger partial charge on any atom is -0.344 e.